The summed E-state index contributed by atoms with van der Waals surface area (Å²) >= 11 is 2.64. The Morgan fingerprint density at radius 3 is 2.79 bits per heavy atom. The van der Waals surface area contributed by atoms with E-state index in [4.69, 9.17) is 5.11 Å². The molecule has 0 bridgehead atoms. The average molecular weight is 318 g/mol. The first-order valence-corrected chi connectivity index (χ1v) is 8.80. The van der Waals surface area contributed by atoms with E-state index in [1.165, 1.54) is 28.7 Å². The molecule has 0 saturated heterocycles. The monoisotopic (exact) mass is 318 g/mol. The number of thiophene rings is 1. The van der Waals surface area contributed by atoms with Crippen LogP contribution in [-0.4, -0.2) is 18.5 Å². The van der Waals surface area contributed by atoms with Gasteiger partial charge in [-0.2, -0.15) is 0 Å². The second kappa shape index (κ2) is 5.68. The number of aliphatic hydroxyl groups excluding tert-OH is 1. The number of nitrogens with one attached hydrogen (secondary N) is 1. The van der Waals surface area contributed by atoms with E-state index in [1.807, 2.05) is 12.3 Å². The molecule has 1 atom stereocenters. The summed E-state index contributed by atoms with van der Waals surface area (Å²) in [6, 6.07) is 1.11. The SMILES string of the molecule is Cc1csc(C(C)NS(=O)(=O)c2ccsc2CO)n1. The Labute approximate surface area is 120 Å². The maximum Gasteiger partial charge on any atom is 0.242 e. The van der Waals surface area contributed by atoms with E-state index in [9.17, 15) is 8.42 Å². The van der Waals surface area contributed by atoms with Crippen molar-refractivity contribution in [3.05, 3.63) is 32.4 Å². The molecule has 0 aliphatic heterocycles. The second-order valence-electron chi connectivity index (χ2n) is 4.04. The molecule has 2 aromatic rings. The highest BCUT2D eigenvalue weighted by Gasteiger charge is 2.23. The Hall–Kier alpha value is -0.800. The zero-order valence-electron chi connectivity index (χ0n) is 10.5. The number of aliphatic hydroxyl groups is 1. The van der Waals surface area contributed by atoms with Gasteiger partial charge in [0.05, 0.1) is 17.5 Å². The van der Waals surface area contributed by atoms with Crippen LogP contribution in [0.25, 0.3) is 0 Å². The predicted octanol–water partition coefficient (Wildman–Crippen LogP) is 2.04. The minimum Gasteiger partial charge on any atom is -0.391 e. The molecule has 19 heavy (non-hydrogen) atoms. The third-order valence-electron chi connectivity index (χ3n) is 2.48. The highest BCUT2D eigenvalue weighted by atomic mass is 32.2. The van der Waals surface area contributed by atoms with Crippen LogP contribution in [0.2, 0.25) is 0 Å². The number of thiazole rings is 1. The fraction of sp³-hybridized carbons (Fsp3) is 0.364. The van der Waals surface area contributed by atoms with Crippen LogP contribution in [0.3, 0.4) is 0 Å². The van der Waals surface area contributed by atoms with Crippen LogP contribution in [0.15, 0.2) is 21.7 Å². The Bertz CT molecular complexity index is 660. The van der Waals surface area contributed by atoms with E-state index in [0.717, 1.165) is 10.7 Å². The van der Waals surface area contributed by atoms with Crippen LogP contribution in [0.1, 0.15) is 28.5 Å². The lowest BCUT2D eigenvalue weighted by atomic mass is 10.4. The molecule has 0 aliphatic carbocycles. The summed E-state index contributed by atoms with van der Waals surface area (Å²) < 4.78 is 27.0. The zero-order chi connectivity index (χ0) is 14.0. The van der Waals surface area contributed by atoms with Gasteiger partial charge in [-0.3, -0.25) is 0 Å². The smallest absolute Gasteiger partial charge is 0.242 e. The van der Waals surface area contributed by atoms with Gasteiger partial charge < -0.3 is 5.11 Å². The first kappa shape index (κ1) is 14.6. The topological polar surface area (TPSA) is 79.3 Å². The summed E-state index contributed by atoms with van der Waals surface area (Å²) in [4.78, 5) is 4.84. The Kier molecular flexibility index (Phi) is 4.36. The first-order valence-electron chi connectivity index (χ1n) is 5.55. The molecule has 2 heterocycles. The summed E-state index contributed by atoms with van der Waals surface area (Å²) in [5, 5.41) is 13.4. The van der Waals surface area contributed by atoms with E-state index in [-0.39, 0.29) is 11.5 Å². The quantitative estimate of drug-likeness (QED) is 0.884. The van der Waals surface area contributed by atoms with Crippen molar-refractivity contribution >= 4 is 32.7 Å². The largest absolute Gasteiger partial charge is 0.391 e. The van der Waals surface area contributed by atoms with Crippen LogP contribution in [0.4, 0.5) is 0 Å². The maximum absolute atomic E-state index is 12.2. The lowest BCUT2D eigenvalue weighted by molar-refractivity contribution is 0.282. The number of aryl methyl sites for hydroxylation is 1. The molecular formula is C11H14N2O3S3. The van der Waals surface area contributed by atoms with Gasteiger partial charge in [0, 0.05) is 16.0 Å². The Balaban J connectivity index is 2.22. The van der Waals surface area contributed by atoms with Gasteiger partial charge in [0.25, 0.3) is 0 Å². The van der Waals surface area contributed by atoms with Crippen LogP contribution in [0, 0.1) is 6.92 Å². The molecule has 0 aromatic carbocycles. The van der Waals surface area contributed by atoms with Crippen molar-refractivity contribution in [2.24, 2.45) is 0 Å². The minimum atomic E-state index is -3.63. The number of aromatic nitrogens is 1. The van der Waals surface area contributed by atoms with Crippen molar-refractivity contribution in [1.29, 1.82) is 0 Å². The van der Waals surface area contributed by atoms with Crippen LogP contribution in [0.5, 0.6) is 0 Å². The van der Waals surface area contributed by atoms with Crippen molar-refractivity contribution in [1.82, 2.24) is 9.71 Å². The van der Waals surface area contributed by atoms with Gasteiger partial charge in [0.2, 0.25) is 10.0 Å². The summed E-state index contributed by atoms with van der Waals surface area (Å²) in [6.45, 7) is 3.34. The number of sulfonamides is 1. The summed E-state index contributed by atoms with van der Waals surface area (Å²) in [5.74, 6) is 0. The molecule has 104 valence electrons. The normalized spacial score (nSPS) is 13.6. The minimum absolute atomic E-state index is 0.139. The van der Waals surface area contributed by atoms with Crippen molar-refractivity contribution in [2.75, 3.05) is 0 Å². The van der Waals surface area contributed by atoms with Gasteiger partial charge >= 0.3 is 0 Å². The van der Waals surface area contributed by atoms with E-state index < -0.39 is 16.1 Å². The molecule has 0 aliphatic rings. The number of hydrogen-bond acceptors (Lipinski definition) is 6. The van der Waals surface area contributed by atoms with Gasteiger partial charge in [-0.1, -0.05) is 0 Å². The van der Waals surface area contributed by atoms with E-state index in [1.54, 1.807) is 12.3 Å². The molecule has 2 N–H and O–H groups in total. The van der Waals surface area contributed by atoms with Crippen molar-refractivity contribution in [2.45, 2.75) is 31.4 Å². The zero-order valence-corrected chi connectivity index (χ0v) is 12.9. The highest BCUT2D eigenvalue weighted by Crippen LogP contribution is 2.25. The van der Waals surface area contributed by atoms with E-state index in [2.05, 4.69) is 9.71 Å². The van der Waals surface area contributed by atoms with Crippen molar-refractivity contribution < 1.29 is 13.5 Å². The molecule has 0 radical (unpaired) electrons. The highest BCUT2D eigenvalue weighted by molar-refractivity contribution is 7.89. The lowest BCUT2D eigenvalue weighted by Crippen LogP contribution is -2.27. The molecule has 5 nitrogen and oxygen atoms in total. The predicted molar refractivity (Wildman–Crippen MR) is 75.8 cm³/mol. The van der Waals surface area contributed by atoms with Gasteiger partial charge in [0.1, 0.15) is 5.01 Å². The summed E-state index contributed by atoms with van der Waals surface area (Å²) in [5.41, 5.74) is 0.873. The van der Waals surface area contributed by atoms with Crippen molar-refractivity contribution in [3.63, 3.8) is 0 Å². The first-order chi connectivity index (χ1) is 8.94. The summed E-state index contributed by atoms with van der Waals surface area (Å²) in [7, 11) is -3.63. The fourth-order valence-corrected chi connectivity index (χ4v) is 4.98. The number of hydrogen-bond donors (Lipinski definition) is 2. The van der Waals surface area contributed by atoms with Crippen LogP contribution >= 0.6 is 22.7 Å². The van der Waals surface area contributed by atoms with Gasteiger partial charge in [0.15, 0.2) is 0 Å². The third kappa shape index (κ3) is 3.21. The Morgan fingerprint density at radius 1 is 1.47 bits per heavy atom. The molecule has 0 fully saturated rings. The lowest BCUT2D eigenvalue weighted by Gasteiger charge is -2.11. The molecule has 2 aromatic heterocycles. The third-order valence-corrected chi connectivity index (χ3v) is 6.28. The molecule has 1 unspecified atom stereocenters. The fourth-order valence-electron chi connectivity index (χ4n) is 1.60. The maximum atomic E-state index is 12.2. The van der Waals surface area contributed by atoms with Gasteiger partial charge in [-0.25, -0.2) is 18.1 Å². The van der Waals surface area contributed by atoms with Gasteiger partial charge in [-0.05, 0) is 25.3 Å². The number of nitrogens with zero attached hydrogens (tertiary/aromatic N) is 1. The second-order valence-corrected chi connectivity index (χ2v) is 7.61. The number of rotatable bonds is 5. The summed E-state index contributed by atoms with van der Waals surface area (Å²) in [6.07, 6.45) is 0. The van der Waals surface area contributed by atoms with E-state index >= 15 is 0 Å². The molecular weight excluding hydrogens is 304 g/mol. The molecule has 0 amide bonds. The molecule has 2 rings (SSSR count). The molecule has 0 saturated carbocycles. The molecule has 8 heteroatoms. The average Bonchev–Trinajstić information content (AvgIpc) is 2.96. The van der Waals surface area contributed by atoms with Crippen molar-refractivity contribution in [3.8, 4) is 0 Å². The van der Waals surface area contributed by atoms with Crippen LogP contribution in [-0.2, 0) is 16.6 Å². The standard InChI is InChI=1S/C11H14N2O3S3/c1-7-6-18-11(12-7)8(2)13-19(15,16)10-3-4-17-9(10)5-14/h3-4,6,8,13-14H,5H2,1-2H3. The Morgan fingerprint density at radius 2 is 2.21 bits per heavy atom. The molecule has 0 spiro atoms. The van der Waals surface area contributed by atoms with E-state index in [0.29, 0.717) is 4.88 Å². The van der Waals surface area contributed by atoms with Crippen LogP contribution < -0.4 is 4.72 Å². The van der Waals surface area contributed by atoms with Gasteiger partial charge in [-0.15, -0.1) is 22.7 Å².